The quantitative estimate of drug-likeness (QED) is 0.0653. The summed E-state index contributed by atoms with van der Waals surface area (Å²) in [4.78, 5) is 30.1. The molecular weight excluding hydrogens is 790 g/mol. The van der Waals surface area contributed by atoms with Crippen LogP contribution in [-0.4, -0.2) is 65.7 Å². The van der Waals surface area contributed by atoms with Gasteiger partial charge in [-0.3, -0.25) is 4.79 Å². The summed E-state index contributed by atoms with van der Waals surface area (Å²) >= 11 is 13.7. The van der Waals surface area contributed by atoms with Crippen molar-refractivity contribution in [3.63, 3.8) is 0 Å². The second-order valence-electron chi connectivity index (χ2n) is 16.8. The molecule has 0 saturated carbocycles. The first kappa shape index (κ1) is 41.6. The molecule has 7 rings (SSSR count). The van der Waals surface area contributed by atoms with Crippen LogP contribution in [0, 0.1) is 27.7 Å². The maximum atomic E-state index is 15.2. The number of carbonyl (C=O) groups is 2. The van der Waals surface area contributed by atoms with Crippen molar-refractivity contribution in [2.45, 2.75) is 85.9 Å². The Labute approximate surface area is 351 Å². The number of rotatable bonds is 13. The van der Waals surface area contributed by atoms with Crippen molar-refractivity contribution >= 4 is 70.6 Å². The van der Waals surface area contributed by atoms with Crippen molar-refractivity contribution in [2.75, 3.05) is 31.8 Å². The first-order chi connectivity index (χ1) is 27.5. The standard InChI is InChI=1S/C45H53Cl2N5O5Si/c1-26-20-32(21-27(2)41(26)47)57-17-11-12-34-35-13-14-37(46)40(39-29(4)48-51(30(39)5)25-56-18-19-58(8,9)10)42(35)52-28(3)24-50(44(53)43(34)52)31-22-36(45(54)55-7)33-15-16-49(6)38(33)23-31/h13-16,20-23,28H,11-12,17-19,24-25H2,1-10H3/t28-/m1/s1. The highest BCUT2D eigenvalue weighted by Crippen LogP contribution is 2.45. The lowest BCUT2D eigenvalue weighted by atomic mass is 9.98. The van der Waals surface area contributed by atoms with Gasteiger partial charge in [0.1, 0.15) is 18.2 Å². The third-order valence-corrected chi connectivity index (χ3v) is 14.0. The predicted octanol–water partition coefficient (Wildman–Crippen LogP) is 10.9. The smallest absolute Gasteiger partial charge is 0.338 e. The fourth-order valence-electron chi connectivity index (χ4n) is 8.32. The number of anilines is 1. The van der Waals surface area contributed by atoms with Gasteiger partial charge in [0.25, 0.3) is 5.91 Å². The normalized spacial score (nSPS) is 14.5. The summed E-state index contributed by atoms with van der Waals surface area (Å²) in [6, 6.07) is 14.4. The monoisotopic (exact) mass is 841 g/mol. The number of esters is 1. The van der Waals surface area contributed by atoms with Gasteiger partial charge in [-0.05, 0) is 107 Å². The number of fused-ring (bicyclic) bond motifs is 4. The lowest BCUT2D eigenvalue weighted by Crippen LogP contribution is -2.42. The first-order valence-corrected chi connectivity index (χ1v) is 24.3. The Morgan fingerprint density at radius 3 is 2.38 bits per heavy atom. The average molecular weight is 843 g/mol. The number of amides is 1. The van der Waals surface area contributed by atoms with E-state index in [-0.39, 0.29) is 11.9 Å². The molecule has 10 nitrogen and oxygen atoms in total. The molecule has 0 unspecified atom stereocenters. The van der Waals surface area contributed by atoms with Gasteiger partial charge in [-0.15, -0.1) is 0 Å². The van der Waals surface area contributed by atoms with Gasteiger partial charge in [-0.25, -0.2) is 9.48 Å². The fraction of sp³-hybridized carbons (Fsp3) is 0.400. The number of nitrogens with zero attached hydrogens (tertiary/aromatic N) is 5. The third-order valence-electron chi connectivity index (χ3n) is 11.4. The van der Waals surface area contributed by atoms with Crippen molar-refractivity contribution in [3.05, 3.63) is 98.0 Å². The van der Waals surface area contributed by atoms with Crippen molar-refractivity contribution in [2.24, 2.45) is 7.05 Å². The van der Waals surface area contributed by atoms with E-state index in [4.69, 9.17) is 42.5 Å². The molecule has 13 heteroatoms. The average Bonchev–Trinajstić information content (AvgIpc) is 3.81. The van der Waals surface area contributed by atoms with Crippen LogP contribution in [0.2, 0.25) is 35.7 Å². The van der Waals surface area contributed by atoms with Gasteiger partial charge in [0, 0.05) is 78.8 Å². The van der Waals surface area contributed by atoms with Gasteiger partial charge < -0.3 is 28.2 Å². The Balaban J connectivity index is 1.34. The molecule has 0 spiro atoms. The minimum Gasteiger partial charge on any atom is -0.494 e. The van der Waals surface area contributed by atoms with Gasteiger partial charge in [0.15, 0.2) is 0 Å². The molecule has 6 aromatic rings. The topological polar surface area (TPSA) is 92.8 Å². The van der Waals surface area contributed by atoms with Gasteiger partial charge in [0.05, 0.1) is 41.0 Å². The molecular formula is C45H53Cl2N5O5Si. The van der Waals surface area contributed by atoms with Crippen LogP contribution in [0.25, 0.3) is 32.9 Å². The van der Waals surface area contributed by atoms with Gasteiger partial charge in [0.2, 0.25) is 0 Å². The molecule has 1 aliphatic rings. The number of hydrogen-bond acceptors (Lipinski definition) is 6. The Bertz CT molecular complexity index is 2560. The molecule has 3 aromatic heterocycles. The van der Waals surface area contributed by atoms with E-state index in [0.717, 1.165) is 77.8 Å². The summed E-state index contributed by atoms with van der Waals surface area (Å²) in [5.74, 6) is 0.155. The molecule has 0 saturated heterocycles. The van der Waals surface area contributed by atoms with Crippen LogP contribution < -0.4 is 9.64 Å². The summed E-state index contributed by atoms with van der Waals surface area (Å²) in [6.45, 7) is 19.0. The predicted molar refractivity (Wildman–Crippen MR) is 237 cm³/mol. The largest absolute Gasteiger partial charge is 0.494 e. The number of hydrogen-bond donors (Lipinski definition) is 0. The molecule has 1 atom stereocenters. The van der Waals surface area contributed by atoms with Crippen molar-refractivity contribution in [1.29, 1.82) is 0 Å². The Hall–Kier alpha value is -4.55. The highest BCUT2D eigenvalue weighted by atomic mass is 35.5. The zero-order valence-electron chi connectivity index (χ0n) is 35.2. The van der Waals surface area contributed by atoms with Crippen molar-refractivity contribution in [3.8, 4) is 16.9 Å². The molecule has 306 valence electrons. The Kier molecular flexibility index (Phi) is 11.7. The molecule has 0 aliphatic carbocycles. The summed E-state index contributed by atoms with van der Waals surface area (Å²) in [5, 5.41) is 7.98. The molecule has 58 heavy (non-hydrogen) atoms. The number of aromatic nitrogens is 4. The number of halogens is 2. The van der Waals surface area contributed by atoms with E-state index >= 15 is 4.79 Å². The van der Waals surface area contributed by atoms with Crippen LogP contribution in [0.15, 0.2) is 48.7 Å². The minimum atomic E-state index is -1.25. The Morgan fingerprint density at radius 2 is 1.69 bits per heavy atom. The summed E-state index contributed by atoms with van der Waals surface area (Å²) in [7, 11) is 2.05. The van der Waals surface area contributed by atoms with Crippen LogP contribution >= 0.6 is 23.2 Å². The first-order valence-electron chi connectivity index (χ1n) is 19.9. The molecule has 0 N–H and O–H groups in total. The number of methoxy groups -OCH3 is 1. The van der Waals surface area contributed by atoms with Crippen LogP contribution in [0.3, 0.4) is 0 Å². The maximum Gasteiger partial charge on any atom is 0.338 e. The number of benzene rings is 3. The van der Waals surface area contributed by atoms with Crippen LogP contribution in [0.1, 0.15) is 68.3 Å². The molecule has 0 radical (unpaired) electrons. The molecule has 0 fully saturated rings. The number of aryl methyl sites for hydroxylation is 5. The zero-order chi connectivity index (χ0) is 41.8. The van der Waals surface area contributed by atoms with E-state index < -0.39 is 14.0 Å². The van der Waals surface area contributed by atoms with E-state index in [9.17, 15) is 4.79 Å². The van der Waals surface area contributed by atoms with Gasteiger partial charge in [-0.2, -0.15) is 5.10 Å². The SMILES string of the molecule is COC(=O)c1cc(N2C[C@@H](C)n3c(c(CCCOc4cc(C)c(Cl)c(C)c4)c4ccc(Cl)c(-c5c(C)nn(COCC[Si](C)(C)C)c5C)c43)C2=O)cc2c1ccn2C. The van der Waals surface area contributed by atoms with Gasteiger partial charge >= 0.3 is 5.97 Å². The van der Waals surface area contributed by atoms with E-state index in [0.29, 0.717) is 61.3 Å². The van der Waals surface area contributed by atoms with E-state index in [2.05, 4.69) is 38.1 Å². The highest BCUT2D eigenvalue weighted by molar-refractivity contribution is 6.76. The second kappa shape index (κ2) is 16.2. The maximum absolute atomic E-state index is 15.2. The third kappa shape index (κ3) is 7.69. The van der Waals surface area contributed by atoms with E-state index in [1.54, 1.807) is 11.0 Å². The van der Waals surface area contributed by atoms with Crippen LogP contribution in [0.4, 0.5) is 5.69 Å². The summed E-state index contributed by atoms with van der Waals surface area (Å²) in [5.41, 5.74) is 9.79. The van der Waals surface area contributed by atoms with Crippen LogP contribution in [0.5, 0.6) is 5.75 Å². The second-order valence-corrected chi connectivity index (χ2v) is 23.2. The van der Waals surface area contributed by atoms with Crippen molar-refractivity contribution in [1.82, 2.24) is 18.9 Å². The summed E-state index contributed by atoms with van der Waals surface area (Å²) in [6.07, 6.45) is 3.13. The molecule has 1 amide bonds. The minimum absolute atomic E-state index is 0.152. The van der Waals surface area contributed by atoms with E-state index in [1.807, 2.05) is 79.7 Å². The molecule has 1 aliphatic heterocycles. The van der Waals surface area contributed by atoms with E-state index in [1.165, 1.54) is 7.11 Å². The Morgan fingerprint density at radius 1 is 0.966 bits per heavy atom. The zero-order valence-corrected chi connectivity index (χ0v) is 37.7. The fourth-order valence-corrected chi connectivity index (χ4v) is 9.43. The number of ether oxygens (including phenoxy) is 3. The molecule has 4 heterocycles. The molecule has 0 bridgehead atoms. The lowest BCUT2D eigenvalue weighted by Gasteiger charge is -2.34. The number of carbonyl (C=O) groups excluding carboxylic acids is 2. The van der Waals surface area contributed by atoms with Crippen LogP contribution in [-0.2, 0) is 29.7 Å². The highest BCUT2D eigenvalue weighted by Gasteiger charge is 2.37. The molecule has 3 aromatic carbocycles. The van der Waals surface area contributed by atoms with Gasteiger partial charge in [-0.1, -0.05) is 48.9 Å². The lowest BCUT2D eigenvalue weighted by molar-refractivity contribution is 0.0602. The summed E-state index contributed by atoms with van der Waals surface area (Å²) < 4.78 is 23.6. The van der Waals surface area contributed by atoms with Crippen molar-refractivity contribution < 1.29 is 23.8 Å².